The molecule has 0 radical (unpaired) electrons. The molecule has 0 fully saturated rings. The van der Waals surface area contributed by atoms with Gasteiger partial charge in [-0.25, -0.2) is 4.98 Å². The topological polar surface area (TPSA) is 41.1 Å². The first-order valence-corrected chi connectivity index (χ1v) is 6.24. The lowest BCUT2D eigenvalue weighted by atomic mass is 10.1. The Hall–Kier alpha value is -2.10. The summed E-state index contributed by atoms with van der Waals surface area (Å²) in [5.74, 6) is 1.77. The van der Waals surface area contributed by atoms with Gasteiger partial charge in [0.15, 0.2) is 0 Å². The number of anilines is 2. The molecule has 4 nitrogen and oxygen atoms in total. The van der Waals surface area contributed by atoms with E-state index in [9.17, 15) is 0 Å². The summed E-state index contributed by atoms with van der Waals surface area (Å²) < 4.78 is 0. The van der Waals surface area contributed by atoms with Crippen molar-refractivity contribution >= 4 is 11.6 Å². The Kier molecular flexibility index (Phi) is 2.84. The van der Waals surface area contributed by atoms with Gasteiger partial charge in [0.1, 0.15) is 11.6 Å². The molecule has 18 heavy (non-hydrogen) atoms. The van der Waals surface area contributed by atoms with E-state index in [-0.39, 0.29) is 0 Å². The number of hydrogen-bond acceptors (Lipinski definition) is 4. The van der Waals surface area contributed by atoms with Crippen molar-refractivity contribution in [2.75, 3.05) is 16.8 Å². The van der Waals surface area contributed by atoms with Gasteiger partial charge in [0.25, 0.3) is 0 Å². The Bertz CT molecular complexity index is 528. The summed E-state index contributed by atoms with van der Waals surface area (Å²) in [5, 5.41) is 3.19. The van der Waals surface area contributed by atoms with Gasteiger partial charge in [-0.15, -0.1) is 0 Å². The largest absolute Gasteiger partial charge is 0.369 e. The Labute approximate surface area is 107 Å². The maximum atomic E-state index is 4.58. The highest BCUT2D eigenvalue weighted by atomic mass is 15.2. The average Bonchev–Trinajstić information content (AvgIpc) is 2.83. The molecular formula is C14H16N4. The number of nitrogens with one attached hydrogen (secondary N) is 1. The van der Waals surface area contributed by atoms with Crippen LogP contribution in [0, 0.1) is 0 Å². The van der Waals surface area contributed by atoms with Gasteiger partial charge in [-0.3, -0.25) is 4.98 Å². The van der Waals surface area contributed by atoms with E-state index in [0.717, 1.165) is 31.3 Å². The van der Waals surface area contributed by atoms with E-state index >= 15 is 0 Å². The summed E-state index contributed by atoms with van der Waals surface area (Å²) in [6, 6.07) is 8.53. The molecule has 0 aliphatic carbocycles. The molecule has 92 valence electrons. The molecule has 2 aromatic rings. The highest BCUT2D eigenvalue weighted by Crippen LogP contribution is 2.26. The number of nitrogens with zero attached hydrogens (tertiary/aromatic N) is 3. The fraction of sp³-hybridized carbons (Fsp3) is 0.286. The summed E-state index contributed by atoms with van der Waals surface area (Å²) in [6.45, 7) is 4.75. The summed E-state index contributed by atoms with van der Waals surface area (Å²) >= 11 is 0. The number of hydrogen-bond donors (Lipinski definition) is 1. The van der Waals surface area contributed by atoms with Crippen LogP contribution in [0.15, 0.2) is 36.7 Å². The monoisotopic (exact) mass is 240 g/mol. The van der Waals surface area contributed by atoms with Crippen LogP contribution in [0.2, 0.25) is 0 Å². The average molecular weight is 240 g/mol. The minimum absolute atomic E-state index is 0.839. The van der Waals surface area contributed by atoms with Crippen LogP contribution in [0.5, 0.6) is 0 Å². The summed E-state index contributed by atoms with van der Waals surface area (Å²) in [4.78, 5) is 11.1. The molecule has 0 amide bonds. The maximum absolute atomic E-state index is 4.58. The molecule has 1 aromatic heterocycles. The van der Waals surface area contributed by atoms with Gasteiger partial charge in [0, 0.05) is 19.6 Å². The Balaban J connectivity index is 1.83. The number of rotatable bonds is 3. The molecule has 2 heterocycles. The van der Waals surface area contributed by atoms with Crippen molar-refractivity contribution in [1.29, 1.82) is 0 Å². The standard InChI is InChI=1S/C14H16N4/c1-2-16-13-7-15-8-14(17-13)18-9-11-5-3-4-6-12(11)10-18/h3-8H,2,9-10H2,1H3,(H,16,17). The summed E-state index contributed by atoms with van der Waals surface area (Å²) in [7, 11) is 0. The second kappa shape index (κ2) is 4.64. The third-order valence-electron chi connectivity index (χ3n) is 3.14. The molecule has 0 atom stereocenters. The molecule has 1 aliphatic rings. The third kappa shape index (κ3) is 2.01. The zero-order valence-electron chi connectivity index (χ0n) is 10.4. The lowest BCUT2D eigenvalue weighted by molar-refractivity contribution is 0.850. The van der Waals surface area contributed by atoms with Crippen LogP contribution < -0.4 is 10.2 Å². The molecule has 3 rings (SSSR count). The predicted molar refractivity (Wildman–Crippen MR) is 72.5 cm³/mol. The van der Waals surface area contributed by atoms with Crippen LogP contribution in [0.25, 0.3) is 0 Å². The van der Waals surface area contributed by atoms with E-state index in [1.54, 1.807) is 6.20 Å². The predicted octanol–water partition coefficient (Wildman–Crippen LogP) is 2.43. The minimum atomic E-state index is 0.839. The molecule has 1 aliphatic heterocycles. The van der Waals surface area contributed by atoms with Crippen LogP contribution in [0.4, 0.5) is 11.6 Å². The molecule has 0 saturated heterocycles. The molecule has 0 saturated carbocycles. The third-order valence-corrected chi connectivity index (χ3v) is 3.14. The fourth-order valence-corrected chi connectivity index (χ4v) is 2.27. The van der Waals surface area contributed by atoms with Crippen molar-refractivity contribution in [3.05, 3.63) is 47.8 Å². The zero-order valence-corrected chi connectivity index (χ0v) is 10.4. The van der Waals surface area contributed by atoms with Gasteiger partial charge in [-0.1, -0.05) is 24.3 Å². The first-order valence-electron chi connectivity index (χ1n) is 6.24. The van der Waals surface area contributed by atoms with E-state index in [1.165, 1.54) is 11.1 Å². The SMILES string of the molecule is CCNc1cncc(N2Cc3ccccc3C2)n1. The minimum Gasteiger partial charge on any atom is -0.369 e. The van der Waals surface area contributed by atoms with Crippen LogP contribution in [-0.2, 0) is 13.1 Å². The lowest BCUT2D eigenvalue weighted by Crippen LogP contribution is -2.17. The maximum Gasteiger partial charge on any atom is 0.150 e. The van der Waals surface area contributed by atoms with Gasteiger partial charge in [-0.2, -0.15) is 0 Å². The zero-order chi connectivity index (χ0) is 12.4. The molecular weight excluding hydrogens is 224 g/mol. The van der Waals surface area contributed by atoms with Crippen LogP contribution in [0.1, 0.15) is 18.1 Å². The van der Waals surface area contributed by atoms with Crippen molar-refractivity contribution in [2.24, 2.45) is 0 Å². The Morgan fingerprint density at radius 3 is 2.56 bits per heavy atom. The normalized spacial score (nSPS) is 13.5. The second-order valence-electron chi connectivity index (χ2n) is 4.42. The first-order chi connectivity index (χ1) is 8.86. The molecule has 0 bridgehead atoms. The van der Waals surface area contributed by atoms with Gasteiger partial charge in [0.2, 0.25) is 0 Å². The lowest BCUT2D eigenvalue weighted by Gasteiger charge is -2.16. The summed E-state index contributed by atoms with van der Waals surface area (Å²) in [6.07, 6.45) is 3.59. The Morgan fingerprint density at radius 1 is 1.17 bits per heavy atom. The number of benzene rings is 1. The first kappa shape index (κ1) is 11.0. The van der Waals surface area contributed by atoms with Gasteiger partial charge >= 0.3 is 0 Å². The molecule has 0 unspecified atom stereocenters. The molecule has 0 spiro atoms. The van der Waals surface area contributed by atoms with E-state index < -0.39 is 0 Å². The van der Waals surface area contributed by atoms with Crippen LogP contribution >= 0.6 is 0 Å². The highest BCUT2D eigenvalue weighted by Gasteiger charge is 2.19. The second-order valence-corrected chi connectivity index (χ2v) is 4.42. The number of aromatic nitrogens is 2. The smallest absolute Gasteiger partial charge is 0.150 e. The van der Waals surface area contributed by atoms with Crippen molar-refractivity contribution in [3.8, 4) is 0 Å². The van der Waals surface area contributed by atoms with Gasteiger partial charge in [0.05, 0.1) is 12.4 Å². The van der Waals surface area contributed by atoms with Gasteiger partial charge < -0.3 is 10.2 Å². The van der Waals surface area contributed by atoms with Crippen molar-refractivity contribution < 1.29 is 0 Å². The van der Waals surface area contributed by atoms with E-state index in [1.807, 2.05) is 6.20 Å². The van der Waals surface area contributed by atoms with Crippen molar-refractivity contribution in [3.63, 3.8) is 0 Å². The number of fused-ring (bicyclic) bond motifs is 1. The van der Waals surface area contributed by atoms with E-state index in [0.29, 0.717) is 0 Å². The molecule has 4 heteroatoms. The quantitative estimate of drug-likeness (QED) is 0.894. The van der Waals surface area contributed by atoms with Crippen molar-refractivity contribution in [1.82, 2.24) is 9.97 Å². The van der Waals surface area contributed by atoms with E-state index in [2.05, 4.69) is 51.4 Å². The van der Waals surface area contributed by atoms with Crippen LogP contribution in [-0.4, -0.2) is 16.5 Å². The van der Waals surface area contributed by atoms with Crippen molar-refractivity contribution in [2.45, 2.75) is 20.0 Å². The fourth-order valence-electron chi connectivity index (χ4n) is 2.27. The molecule has 1 N–H and O–H groups in total. The summed E-state index contributed by atoms with van der Waals surface area (Å²) in [5.41, 5.74) is 2.77. The Morgan fingerprint density at radius 2 is 1.89 bits per heavy atom. The van der Waals surface area contributed by atoms with Crippen LogP contribution in [0.3, 0.4) is 0 Å². The van der Waals surface area contributed by atoms with Gasteiger partial charge in [-0.05, 0) is 18.1 Å². The molecule has 1 aromatic carbocycles. The van der Waals surface area contributed by atoms with E-state index in [4.69, 9.17) is 0 Å². The highest BCUT2D eigenvalue weighted by molar-refractivity contribution is 5.49.